The summed E-state index contributed by atoms with van der Waals surface area (Å²) in [5.74, 6) is -0.324. The Morgan fingerprint density at radius 1 is 1.43 bits per heavy atom. The lowest BCUT2D eigenvalue weighted by molar-refractivity contribution is 0.134. The number of halogens is 2. The van der Waals surface area contributed by atoms with Gasteiger partial charge in [-0.1, -0.05) is 11.6 Å². The van der Waals surface area contributed by atoms with Gasteiger partial charge in [-0.3, -0.25) is 4.90 Å². The van der Waals surface area contributed by atoms with E-state index < -0.39 is 11.9 Å². The molecule has 0 saturated carbocycles. The van der Waals surface area contributed by atoms with Crippen molar-refractivity contribution in [3.8, 4) is 11.5 Å². The van der Waals surface area contributed by atoms with Crippen molar-refractivity contribution in [1.29, 1.82) is 0 Å². The lowest BCUT2D eigenvalue weighted by Crippen LogP contribution is -2.36. The lowest BCUT2D eigenvalue weighted by atomic mass is 10.1. The fraction of sp³-hybridized carbons (Fsp3) is 0.143. The number of amides is 1. The summed E-state index contributed by atoms with van der Waals surface area (Å²) in [6, 6.07) is 5.98. The summed E-state index contributed by atoms with van der Waals surface area (Å²) in [6.45, 7) is 0.279. The van der Waals surface area contributed by atoms with Crippen LogP contribution < -0.4 is 4.74 Å². The molecule has 1 aromatic heterocycles. The average molecular weight is 309 g/mol. The van der Waals surface area contributed by atoms with E-state index in [0.29, 0.717) is 5.75 Å². The zero-order valence-electron chi connectivity index (χ0n) is 10.7. The number of pyridine rings is 1. The third-order valence-electron chi connectivity index (χ3n) is 3.16. The summed E-state index contributed by atoms with van der Waals surface area (Å²) in [5, 5.41) is 9.13. The van der Waals surface area contributed by atoms with Crippen molar-refractivity contribution in [3.63, 3.8) is 0 Å². The van der Waals surface area contributed by atoms with Gasteiger partial charge in [0.15, 0.2) is 11.0 Å². The molecule has 5 nitrogen and oxygen atoms in total. The van der Waals surface area contributed by atoms with Crippen LogP contribution in [0.2, 0.25) is 5.15 Å². The van der Waals surface area contributed by atoms with Gasteiger partial charge in [-0.25, -0.2) is 14.2 Å². The van der Waals surface area contributed by atoms with E-state index in [4.69, 9.17) is 16.3 Å². The minimum absolute atomic E-state index is 0.0157. The molecule has 1 aliphatic rings. The maximum atomic E-state index is 13.8. The maximum absolute atomic E-state index is 13.8. The first-order chi connectivity index (χ1) is 10.0. The molecular weight excluding hydrogens is 299 g/mol. The Bertz CT molecular complexity index is 723. The highest BCUT2D eigenvalue weighted by molar-refractivity contribution is 6.29. The SMILES string of the molecule is O=C1Oc2cc(O)ccc2CN1Cc1ccnc(Cl)c1F. The molecule has 108 valence electrons. The largest absolute Gasteiger partial charge is 0.508 e. The maximum Gasteiger partial charge on any atom is 0.415 e. The van der Waals surface area contributed by atoms with Crippen molar-refractivity contribution >= 4 is 17.7 Å². The van der Waals surface area contributed by atoms with Crippen molar-refractivity contribution in [3.05, 3.63) is 52.6 Å². The summed E-state index contributed by atoms with van der Waals surface area (Å²) < 4.78 is 18.9. The fourth-order valence-corrected chi connectivity index (χ4v) is 2.28. The van der Waals surface area contributed by atoms with E-state index in [2.05, 4.69) is 4.98 Å². The molecule has 21 heavy (non-hydrogen) atoms. The second-order valence-electron chi connectivity index (χ2n) is 4.59. The van der Waals surface area contributed by atoms with E-state index in [1.54, 1.807) is 6.07 Å². The fourth-order valence-electron chi connectivity index (χ4n) is 2.10. The van der Waals surface area contributed by atoms with Crippen molar-refractivity contribution in [2.75, 3.05) is 0 Å². The Morgan fingerprint density at radius 2 is 2.24 bits per heavy atom. The Labute approximate surface area is 124 Å². The van der Waals surface area contributed by atoms with Crippen molar-refractivity contribution in [1.82, 2.24) is 9.88 Å². The van der Waals surface area contributed by atoms with E-state index in [1.165, 1.54) is 29.3 Å². The van der Waals surface area contributed by atoms with Crippen LogP contribution in [-0.2, 0) is 13.1 Å². The lowest BCUT2D eigenvalue weighted by Gasteiger charge is -2.28. The van der Waals surface area contributed by atoms with Gasteiger partial charge in [0.1, 0.15) is 11.5 Å². The zero-order chi connectivity index (χ0) is 15.0. The van der Waals surface area contributed by atoms with Gasteiger partial charge in [0, 0.05) is 23.4 Å². The normalized spacial score (nSPS) is 13.8. The van der Waals surface area contributed by atoms with Gasteiger partial charge >= 0.3 is 6.09 Å². The van der Waals surface area contributed by atoms with Gasteiger partial charge in [-0.05, 0) is 18.2 Å². The number of carbonyl (C=O) groups excluding carboxylic acids is 1. The number of rotatable bonds is 2. The number of phenols is 1. The summed E-state index contributed by atoms with van der Waals surface area (Å²) in [6.07, 6.45) is 0.766. The quantitative estimate of drug-likeness (QED) is 0.866. The highest BCUT2D eigenvalue weighted by atomic mass is 35.5. The molecule has 2 heterocycles. The minimum atomic E-state index is -0.650. The molecule has 1 amide bonds. The molecule has 1 aliphatic heterocycles. The Kier molecular flexibility index (Phi) is 3.39. The monoisotopic (exact) mass is 308 g/mol. The topological polar surface area (TPSA) is 62.7 Å². The standard InChI is InChI=1S/C14H10ClFN2O3/c15-13-12(16)9(3-4-17-13)7-18-6-8-1-2-10(19)5-11(8)21-14(18)20/h1-5,19H,6-7H2. The first-order valence-electron chi connectivity index (χ1n) is 6.12. The molecule has 0 bridgehead atoms. The molecule has 0 atom stereocenters. The Morgan fingerprint density at radius 3 is 3.05 bits per heavy atom. The molecule has 0 fully saturated rings. The number of carbonyl (C=O) groups is 1. The molecule has 3 rings (SSSR count). The molecule has 1 N–H and O–H groups in total. The summed E-state index contributed by atoms with van der Waals surface area (Å²) >= 11 is 5.62. The summed E-state index contributed by atoms with van der Waals surface area (Å²) in [4.78, 5) is 16.9. The van der Waals surface area contributed by atoms with Gasteiger partial charge < -0.3 is 9.84 Å². The number of aromatic nitrogens is 1. The number of nitrogens with zero attached hydrogens (tertiary/aromatic N) is 2. The molecular formula is C14H10ClFN2O3. The van der Waals surface area contributed by atoms with E-state index in [0.717, 1.165) is 5.56 Å². The third-order valence-corrected chi connectivity index (χ3v) is 3.42. The van der Waals surface area contributed by atoms with E-state index in [-0.39, 0.29) is 29.6 Å². The molecule has 0 saturated heterocycles. The van der Waals surface area contributed by atoms with Gasteiger partial charge in [-0.15, -0.1) is 0 Å². The van der Waals surface area contributed by atoms with Crippen LogP contribution in [0.3, 0.4) is 0 Å². The highest BCUT2D eigenvalue weighted by Gasteiger charge is 2.26. The van der Waals surface area contributed by atoms with Gasteiger partial charge in [0.2, 0.25) is 0 Å². The van der Waals surface area contributed by atoms with Crippen LogP contribution in [-0.4, -0.2) is 21.1 Å². The zero-order valence-corrected chi connectivity index (χ0v) is 11.5. The number of fused-ring (bicyclic) bond motifs is 1. The van der Waals surface area contributed by atoms with Crippen molar-refractivity contribution in [2.45, 2.75) is 13.1 Å². The Balaban J connectivity index is 1.86. The van der Waals surface area contributed by atoms with Crippen molar-refractivity contribution in [2.24, 2.45) is 0 Å². The summed E-state index contributed by atoms with van der Waals surface area (Å²) in [7, 11) is 0. The predicted molar refractivity (Wildman–Crippen MR) is 72.6 cm³/mol. The molecule has 0 radical (unpaired) electrons. The number of benzene rings is 1. The molecule has 1 aromatic carbocycles. The van der Waals surface area contributed by atoms with Gasteiger partial charge in [0.25, 0.3) is 0 Å². The minimum Gasteiger partial charge on any atom is -0.508 e. The first kappa shape index (κ1) is 13.6. The van der Waals surface area contributed by atoms with E-state index in [9.17, 15) is 14.3 Å². The van der Waals surface area contributed by atoms with Crippen LogP contribution in [0.25, 0.3) is 0 Å². The van der Waals surface area contributed by atoms with Crippen LogP contribution >= 0.6 is 11.6 Å². The van der Waals surface area contributed by atoms with Crippen LogP contribution in [0.5, 0.6) is 11.5 Å². The van der Waals surface area contributed by atoms with E-state index in [1.807, 2.05) is 0 Å². The molecule has 2 aromatic rings. The second kappa shape index (κ2) is 5.21. The first-order valence-corrected chi connectivity index (χ1v) is 6.50. The van der Waals surface area contributed by atoms with Crippen LogP contribution in [0.1, 0.15) is 11.1 Å². The van der Waals surface area contributed by atoms with Crippen LogP contribution in [0, 0.1) is 5.82 Å². The van der Waals surface area contributed by atoms with Gasteiger partial charge in [-0.2, -0.15) is 0 Å². The van der Waals surface area contributed by atoms with E-state index >= 15 is 0 Å². The summed E-state index contributed by atoms with van der Waals surface area (Å²) in [5.41, 5.74) is 0.988. The predicted octanol–water partition coefficient (Wildman–Crippen LogP) is 3.09. The number of hydrogen-bond donors (Lipinski definition) is 1. The van der Waals surface area contributed by atoms with Crippen molar-refractivity contribution < 1.29 is 19.0 Å². The number of phenolic OH excluding ortho intramolecular Hbond substituents is 1. The highest BCUT2D eigenvalue weighted by Crippen LogP contribution is 2.30. The number of ether oxygens (including phenoxy) is 1. The number of hydrogen-bond acceptors (Lipinski definition) is 4. The van der Waals surface area contributed by atoms with Crippen LogP contribution in [0.4, 0.5) is 9.18 Å². The number of aromatic hydroxyl groups is 1. The Hall–Kier alpha value is -2.34. The third kappa shape index (κ3) is 2.62. The molecule has 7 heteroatoms. The van der Waals surface area contributed by atoms with Gasteiger partial charge in [0.05, 0.1) is 13.1 Å². The van der Waals surface area contributed by atoms with Crippen LogP contribution in [0.15, 0.2) is 30.5 Å². The second-order valence-corrected chi connectivity index (χ2v) is 4.95. The molecule has 0 aliphatic carbocycles. The average Bonchev–Trinajstić information content (AvgIpc) is 2.45. The smallest absolute Gasteiger partial charge is 0.415 e. The molecule has 0 spiro atoms. The molecule has 0 unspecified atom stereocenters.